The number of esters is 1. The molecule has 1 amide bonds. The number of hydrogen-bond acceptors (Lipinski definition) is 4. The van der Waals surface area contributed by atoms with Crippen LogP contribution in [0.4, 0.5) is 11.4 Å². The highest BCUT2D eigenvalue weighted by molar-refractivity contribution is 5.95. The summed E-state index contributed by atoms with van der Waals surface area (Å²) in [6.45, 7) is 2.05. The average Bonchev–Trinajstić information content (AvgIpc) is 2.54. The number of nitrogens with one attached hydrogen (secondary N) is 1. The van der Waals surface area contributed by atoms with E-state index in [4.69, 9.17) is 0 Å². The minimum Gasteiger partial charge on any atom is -0.469 e. The van der Waals surface area contributed by atoms with E-state index >= 15 is 0 Å². The second kappa shape index (κ2) is 7.67. The molecule has 1 aromatic carbocycles. The SMILES string of the molecule is COC(=O)CCC(=O)Nc1ccccc1N1CCCCC1. The van der Waals surface area contributed by atoms with Crippen LogP contribution in [0.25, 0.3) is 0 Å². The molecule has 0 saturated carbocycles. The summed E-state index contributed by atoms with van der Waals surface area (Å²) < 4.78 is 4.54. The lowest BCUT2D eigenvalue weighted by Crippen LogP contribution is -2.30. The largest absolute Gasteiger partial charge is 0.469 e. The van der Waals surface area contributed by atoms with Crippen molar-refractivity contribution in [3.8, 4) is 0 Å². The van der Waals surface area contributed by atoms with Crippen LogP contribution in [0.1, 0.15) is 32.1 Å². The second-order valence-electron chi connectivity index (χ2n) is 5.19. The third-order valence-electron chi connectivity index (χ3n) is 3.66. The van der Waals surface area contributed by atoms with Crippen molar-refractivity contribution in [2.75, 3.05) is 30.4 Å². The summed E-state index contributed by atoms with van der Waals surface area (Å²) in [6.07, 6.45) is 3.88. The number of ether oxygens (including phenoxy) is 1. The van der Waals surface area contributed by atoms with E-state index in [0.717, 1.165) is 24.5 Å². The third-order valence-corrected chi connectivity index (χ3v) is 3.66. The van der Waals surface area contributed by atoms with Crippen LogP contribution in [0.3, 0.4) is 0 Å². The summed E-state index contributed by atoms with van der Waals surface area (Å²) in [5.41, 5.74) is 1.87. The van der Waals surface area contributed by atoms with E-state index in [9.17, 15) is 9.59 Å². The quantitative estimate of drug-likeness (QED) is 0.847. The monoisotopic (exact) mass is 290 g/mol. The first-order valence-electron chi connectivity index (χ1n) is 7.41. The highest BCUT2D eigenvalue weighted by atomic mass is 16.5. The van der Waals surface area contributed by atoms with Crippen molar-refractivity contribution in [2.45, 2.75) is 32.1 Å². The molecule has 2 rings (SSSR count). The van der Waals surface area contributed by atoms with Crippen LogP contribution in [0.15, 0.2) is 24.3 Å². The highest BCUT2D eigenvalue weighted by Crippen LogP contribution is 2.28. The van der Waals surface area contributed by atoms with Crippen molar-refractivity contribution >= 4 is 23.3 Å². The number of benzene rings is 1. The Hall–Kier alpha value is -2.04. The molecule has 0 aromatic heterocycles. The van der Waals surface area contributed by atoms with Crippen LogP contribution in [0.2, 0.25) is 0 Å². The van der Waals surface area contributed by atoms with Gasteiger partial charge in [0.15, 0.2) is 0 Å². The lowest BCUT2D eigenvalue weighted by Gasteiger charge is -2.30. The average molecular weight is 290 g/mol. The fourth-order valence-corrected chi connectivity index (χ4v) is 2.52. The highest BCUT2D eigenvalue weighted by Gasteiger charge is 2.15. The van der Waals surface area contributed by atoms with Crippen molar-refractivity contribution in [2.24, 2.45) is 0 Å². The van der Waals surface area contributed by atoms with Gasteiger partial charge in [0.05, 0.1) is 24.9 Å². The van der Waals surface area contributed by atoms with Gasteiger partial charge in [0.1, 0.15) is 0 Å². The Labute approximate surface area is 125 Å². The summed E-state index contributed by atoms with van der Waals surface area (Å²) in [6, 6.07) is 7.82. The smallest absolute Gasteiger partial charge is 0.306 e. The lowest BCUT2D eigenvalue weighted by molar-refractivity contribution is -0.141. The standard InChI is InChI=1S/C16H22N2O3/c1-21-16(20)10-9-15(19)17-13-7-3-4-8-14(13)18-11-5-2-6-12-18/h3-4,7-8H,2,5-6,9-12H2,1H3,(H,17,19). The Kier molecular flexibility index (Phi) is 5.60. The maximum Gasteiger partial charge on any atom is 0.306 e. The van der Waals surface area contributed by atoms with E-state index in [1.54, 1.807) is 0 Å². The first-order valence-corrected chi connectivity index (χ1v) is 7.41. The number of para-hydroxylation sites is 2. The fourth-order valence-electron chi connectivity index (χ4n) is 2.52. The number of amides is 1. The maximum absolute atomic E-state index is 11.9. The van der Waals surface area contributed by atoms with Crippen LogP contribution in [-0.2, 0) is 14.3 Å². The van der Waals surface area contributed by atoms with Crippen LogP contribution >= 0.6 is 0 Å². The third kappa shape index (κ3) is 4.48. The zero-order valence-electron chi connectivity index (χ0n) is 12.4. The molecule has 1 heterocycles. The molecule has 1 N–H and O–H groups in total. The van der Waals surface area contributed by atoms with E-state index in [-0.39, 0.29) is 24.7 Å². The Morgan fingerprint density at radius 2 is 1.86 bits per heavy atom. The van der Waals surface area contributed by atoms with Crippen LogP contribution < -0.4 is 10.2 Å². The van der Waals surface area contributed by atoms with Crippen molar-refractivity contribution in [1.29, 1.82) is 0 Å². The van der Waals surface area contributed by atoms with Gasteiger partial charge in [0.25, 0.3) is 0 Å². The van der Waals surface area contributed by atoms with Crippen molar-refractivity contribution in [3.05, 3.63) is 24.3 Å². The lowest BCUT2D eigenvalue weighted by atomic mass is 10.1. The zero-order chi connectivity index (χ0) is 15.1. The number of nitrogens with zero attached hydrogens (tertiary/aromatic N) is 1. The number of hydrogen-bond donors (Lipinski definition) is 1. The topological polar surface area (TPSA) is 58.6 Å². The van der Waals surface area contributed by atoms with E-state index in [1.165, 1.54) is 26.4 Å². The molecule has 1 aliphatic heterocycles. The molecule has 114 valence electrons. The summed E-state index contributed by atoms with van der Waals surface area (Å²) in [7, 11) is 1.33. The van der Waals surface area contributed by atoms with Gasteiger partial charge in [-0.05, 0) is 31.4 Å². The normalized spacial score (nSPS) is 14.6. The molecule has 21 heavy (non-hydrogen) atoms. The van der Waals surface area contributed by atoms with E-state index in [0.29, 0.717) is 0 Å². The van der Waals surface area contributed by atoms with Gasteiger partial charge >= 0.3 is 5.97 Å². The molecule has 1 fully saturated rings. The molecule has 0 bridgehead atoms. The molecule has 0 aliphatic carbocycles. The van der Waals surface area contributed by atoms with Gasteiger partial charge in [-0.3, -0.25) is 9.59 Å². The summed E-state index contributed by atoms with van der Waals surface area (Å²) in [4.78, 5) is 25.3. The van der Waals surface area contributed by atoms with E-state index < -0.39 is 0 Å². The Morgan fingerprint density at radius 1 is 1.14 bits per heavy atom. The minimum atomic E-state index is -0.366. The van der Waals surface area contributed by atoms with Crippen LogP contribution in [0.5, 0.6) is 0 Å². The van der Waals surface area contributed by atoms with Gasteiger partial charge in [-0.15, -0.1) is 0 Å². The van der Waals surface area contributed by atoms with Crippen molar-refractivity contribution < 1.29 is 14.3 Å². The molecular weight excluding hydrogens is 268 g/mol. The molecule has 1 aromatic rings. The summed E-state index contributed by atoms with van der Waals surface area (Å²) in [5.74, 6) is -0.528. The molecular formula is C16H22N2O3. The number of piperidine rings is 1. The first kappa shape index (κ1) is 15.4. The Balaban J connectivity index is 1.99. The summed E-state index contributed by atoms with van der Waals surface area (Å²) >= 11 is 0. The van der Waals surface area contributed by atoms with Gasteiger partial charge in [0.2, 0.25) is 5.91 Å². The Bertz CT molecular complexity index is 496. The van der Waals surface area contributed by atoms with Gasteiger partial charge in [-0.1, -0.05) is 12.1 Å². The van der Waals surface area contributed by atoms with Crippen LogP contribution in [-0.4, -0.2) is 32.1 Å². The predicted octanol–water partition coefficient (Wildman–Crippen LogP) is 2.57. The van der Waals surface area contributed by atoms with Gasteiger partial charge < -0.3 is 15.0 Å². The van der Waals surface area contributed by atoms with Gasteiger partial charge in [0, 0.05) is 19.5 Å². The molecule has 5 nitrogen and oxygen atoms in total. The number of carbonyl (C=O) groups is 2. The fraction of sp³-hybridized carbons (Fsp3) is 0.500. The number of carbonyl (C=O) groups excluding carboxylic acids is 2. The van der Waals surface area contributed by atoms with Crippen molar-refractivity contribution in [3.63, 3.8) is 0 Å². The first-order chi connectivity index (χ1) is 10.2. The molecule has 1 aliphatic rings. The second-order valence-corrected chi connectivity index (χ2v) is 5.19. The molecule has 0 atom stereocenters. The van der Waals surface area contributed by atoms with E-state index in [2.05, 4.69) is 15.0 Å². The molecule has 0 spiro atoms. The van der Waals surface area contributed by atoms with Gasteiger partial charge in [-0.25, -0.2) is 0 Å². The molecule has 0 unspecified atom stereocenters. The predicted molar refractivity (Wildman–Crippen MR) is 82.4 cm³/mol. The van der Waals surface area contributed by atoms with E-state index in [1.807, 2.05) is 24.3 Å². The number of anilines is 2. The number of methoxy groups -OCH3 is 1. The molecule has 1 saturated heterocycles. The zero-order valence-corrected chi connectivity index (χ0v) is 12.4. The minimum absolute atomic E-state index is 0.105. The van der Waals surface area contributed by atoms with Crippen LogP contribution in [0, 0.1) is 0 Å². The molecule has 0 radical (unpaired) electrons. The van der Waals surface area contributed by atoms with Gasteiger partial charge in [-0.2, -0.15) is 0 Å². The maximum atomic E-state index is 11.9. The molecule has 5 heteroatoms. The number of rotatable bonds is 5. The Morgan fingerprint density at radius 3 is 2.57 bits per heavy atom. The van der Waals surface area contributed by atoms with Crippen molar-refractivity contribution in [1.82, 2.24) is 0 Å². The summed E-state index contributed by atoms with van der Waals surface area (Å²) in [5, 5.41) is 2.90.